The van der Waals surface area contributed by atoms with Gasteiger partial charge in [0.15, 0.2) is 5.82 Å². The number of nitrogens with zero attached hydrogens (tertiary/aromatic N) is 3. The number of aryl methyl sites for hydroxylation is 1. The average molecular weight is 440 g/mol. The van der Waals surface area contributed by atoms with Gasteiger partial charge in [-0.3, -0.25) is 4.90 Å². The molecule has 32 heavy (non-hydrogen) atoms. The third-order valence-corrected chi connectivity index (χ3v) is 5.38. The lowest BCUT2D eigenvalue weighted by Crippen LogP contribution is -2.43. The van der Waals surface area contributed by atoms with E-state index in [1.165, 1.54) is 30.2 Å². The number of aromatic nitrogens is 2. The van der Waals surface area contributed by atoms with Gasteiger partial charge in [0.25, 0.3) is 0 Å². The van der Waals surface area contributed by atoms with Crippen LogP contribution in [0.15, 0.2) is 36.4 Å². The van der Waals surface area contributed by atoms with Crippen molar-refractivity contribution in [3.63, 3.8) is 0 Å². The molecule has 1 fully saturated rings. The van der Waals surface area contributed by atoms with Crippen molar-refractivity contribution < 1.29 is 23.8 Å². The number of phenolic OH excluding ortho intramolecular Hbond substituents is 1. The summed E-state index contributed by atoms with van der Waals surface area (Å²) >= 11 is 0. The Balaban J connectivity index is 1.90. The zero-order valence-electron chi connectivity index (χ0n) is 18.0. The van der Waals surface area contributed by atoms with E-state index in [1.807, 2.05) is 25.1 Å². The van der Waals surface area contributed by atoms with Crippen molar-refractivity contribution in [3.8, 4) is 17.1 Å². The number of amides is 1. The molecule has 1 atom stereocenters. The maximum Gasteiger partial charge on any atom is 0.415 e. The number of halogens is 1. The van der Waals surface area contributed by atoms with Crippen LogP contribution in [0.4, 0.5) is 15.0 Å². The summed E-state index contributed by atoms with van der Waals surface area (Å²) in [5.41, 5.74) is 1.37. The molecule has 168 valence electrons. The molecule has 9 heteroatoms. The molecule has 1 aliphatic rings. The minimum atomic E-state index is -0.653. The molecule has 0 bridgehead atoms. The number of benzene rings is 2. The summed E-state index contributed by atoms with van der Waals surface area (Å²) in [5, 5.41) is 14.2. The summed E-state index contributed by atoms with van der Waals surface area (Å²) in [6, 6.07) is 9.38. The third kappa shape index (κ3) is 4.35. The Morgan fingerprint density at radius 1 is 1.28 bits per heavy atom. The van der Waals surface area contributed by atoms with Crippen LogP contribution in [0.3, 0.4) is 0 Å². The van der Waals surface area contributed by atoms with Crippen LogP contribution >= 0.6 is 0 Å². The van der Waals surface area contributed by atoms with Crippen molar-refractivity contribution in [2.24, 2.45) is 0 Å². The number of carbonyl (C=O) groups is 1. The Bertz CT molecular complexity index is 1110. The zero-order valence-corrected chi connectivity index (χ0v) is 18.0. The highest BCUT2D eigenvalue weighted by Gasteiger charge is 2.32. The molecule has 2 heterocycles. The smallest absolute Gasteiger partial charge is 0.415 e. The van der Waals surface area contributed by atoms with Gasteiger partial charge in [-0.05, 0) is 49.7 Å². The largest absolute Gasteiger partial charge is 0.507 e. The van der Waals surface area contributed by atoms with Crippen molar-refractivity contribution in [3.05, 3.63) is 47.8 Å². The molecule has 3 aromatic rings. The highest BCUT2D eigenvalue weighted by atomic mass is 19.1. The van der Waals surface area contributed by atoms with Gasteiger partial charge in [0.1, 0.15) is 24.0 Å². The van der Waals surface area contributed by atoms with Gasteiger partial charge in [-0.25, -0.2) is 19.2 Å². The number of hydrogen-bond donors (Lipinski definition) is 2. The summed E-state index contributed by atoms with van der Waals surface area (Å²) in [4.78, 5) is 23.7. The number of nitrogens with one attached hydrogen (secondary N) is 1. The highest BCUT2D eigenvalue weighted by molar-refractivity contribution is 6.00. The van der Waals surface area contributed by atoms with Gasteiger partial charge in [0, 0.05) is 19.0 Å². The van der Waals surface area contributed by atoms with Gasteiger partial charge in [-0.2, -0.15) is 0 Å². The van der Waals surface area contributed by atoms with E-state index in [9.17, 15) is 14.3 Å². The maximum atomic E-state index is 14.6. The molecular formula is C23H25FN4O4. The van der Waals surface area contributed by atoms with Crippen molar-refractivity contribution in [1.82, 2.24) is 15.3 Å². The molecule has 0 saturated carbocycles. The van der Waals surface area contributed by atoms with Gasteiger partial charge < -0.3 is 19.9 Å². The Labute approximate surface area is 185 Å². The minimum Gasteiger partial charge on any atom is -0.507 e. The predicted molar refractivity (Wildman–Crippen MR) is 118 cm³/mol. The van der Waals surface area contributed by atoms with Crippen LogP contribution < -0.4 is 10.2 Å². The fourth-order valence-corrected chi connectivity index (χ4v) is 3.80. The fraction of sp³-hybridized carbons (Fsp3) is 0.348. The Morgan fingerprint density at radius 2 is 2.12 bits per heavy atom. The van der Waals surface area contributed by atoms with Crippen LogP contribution in [0.5, 0.6) is 5.75 Å². The van der Waals surface area contributed by atoms with Crippen LogP contribution in [0.1, 0.15) is 12.0 Å². The number of anilines is 1. The lowest BCUT2D eigenvalue weighted by molar-refractivity contribution is 0.102. The van der Waals surface area contributed by atoms with Crippen LogP contribution in [0.25, 0.3) is 22.3 Å². The van der Waals surface area contributed by atoms with E-state index in [0.717, 1.165) is 12.1 Å². The topological polar surface area (TPSA) is 96.8 Å². The summed E-state index contributed by atoms with van der Waals surface area (Å²) in [6.07, 6.45) is 0.136. The summed E-state index contributed by atoms with van der Waals surface area (Å²) in [7, 11) is 1.53. The van der Waals surface area contributed by atoms with Gasteiger partial charge in [0.2, 0.25) is 0 Å². The van der Waals surface area contributed by atoms with Crippen molar-refractivity contribution >= 4 is 22.8 Å². The zero-order chi connectivity index (χ0) is 22.7. The van der Waals surface area contributed by atoms with Crippen LogP contribution in [-0.4, -0.2) is 60.6 Å². The van der Waals surface area contributed by atoms with E-state index in [0.29, 0.717) is 29.7 Å². The Kier molecular flexibility index (Phi) is 6.48. The highest BCUT2D eigenvalue weighted by Crippen LogP contribution is 2.35. The first-order valence-corrected chi connectivity index (χ1v) is 10.4. The van der Waals surface area contributed by atoms with Gasteiger partial charge >= 0.3 is 6.09 Å². The monoisotopic (exact) mass is 440 g/mol. The molecule has 2 N–H and O–H groups in total. The van der Waals surface area contributed by atoms with E-state index in [2.05, 4.69) is 15.3 Å². The lowest BCUT2D eigenvalue weighted by Gasteiger charge is -2.28. The quantitative estimate of drug-likeness (QED) is 0.567. The van der Waals surface area contributed by atoms with Crippen LogP contribution in [-0.2, 0) is 9.47 Å². The first-order chi connectivity index (χ1) is 15.5. The van der Waals surface area contributed by atoms with Crippen molar-refractivity contribution in [1.29, 1.82) is 0 Å². The molecule has 8 nitrogen and oxygen atoms in total. The molecule has 1 amide bonds. The second-order valence-electron chi connectivity index (χ2n) is 7.65. The Hall–Kier alpha value is -3.30. The van der Waals surface area contributed by atoms with Gasteiger partial charge in [-0.1, -0.05) is 12.1 Å². The molecular weight excluding hydrogens is 415 g/mol. The number of aromatic hydroxyl groups is 1. The number of hydrogen-bond acceptors (Lipinski definition) is 7. The number of phenols is 1. The summed E-state index contributed by atoms with van der Waals surface area (Å²) in [6.45, 7) is 3.58. The number of ether oxygens (including phenoxy) is 2. The molecule has 1 aliphatic heterocycles. The average Bonchev–Trinajstić information content (AvgIpc) is 3.28. The SMILES string of the molecule is COCCOC(=O)N(c1nc(-c2c(O)cccc2F)nc2cc(C)ccc12)C1CCNC1. The molecule has 4 rings (SSSR count). The molecule has 0 aliphatic carbocycles. The van der Waals surface area contributed by atoms with E-state index in [-0.39, 0.29) is 36.4 Å². The van der Waals surface area contributed by atoms with E-state index in [1.54, 1.807) is 0 Å². The third-order valence-electron chi connectivity index (χ3n) is 5.38. The second-order valence-corrected chi connectivity index (χ2v) is 7.65. The number of rotatable bonds is 6. The van der Waals surface area contributed by atoms with E-state index >= 15 is 0 Å². The first-order valence-electron chi connectivity index (χ1n) is 10.4. The van der Waals surface area contributed by atoms with Crippen molar-refractivity contribution in [2.75, 3.05) is 38.3 Å². The first kappa shape index (κ1) is 21.9. The second kappa shape index (κ2) is 9.46. The van der Waals surface area contributed by atoms with Gasteiger partial charge in [-0.15, -0.1) is 0 Å². The maximum absolute atomic E-state index is 14.6. The van der Waals surface area contributed by atoms with Gasteiger partial charge in [0.05, 0.1) is 23.7 Å². The van der Waals surface area contributed by atoms with Crippen molar-refractivity contribution in [2.45, 2.75) is 19.4 Å². The number of carbonyl (C=O) groups excluding carboxylic acids is 1. The molecule has 2 aromatic carbocycles. The standard InChI is InChI=1S/C23H25FN4O4/c1-14-6-7-16-18(12-14)26-21(20-17(24)4-3-5-19(20)29)27-22(16)28(15-8-9-25-13-15)23(30)32-11-10-31-2/h3-7,12,15,25,29H,8-11,13H2,1-2H3. The number of fused-ring (bicyclic) bond motifs is 1. The predicted octanol–water partition coefficient (Wildman–Crippen LogP) is 3.40. The Morgan fingerprint density at radius 3 is 2.84 bits per heavy atom. The van der Waals surface area contributed by atoms with E-state index < -0.39 is 11.9 Å². The molecule has 1 aromatic heterocycles. The fourth-order valence-electron chi connectivity index (χ4n) is 3.80. The molecule has 0 radical (unpaired) electrons. The number of methoxy groups -OCH3 is 1. The summed E-state index contributed by atoms with van der Waals surface area (Å²) in [5.74, 6) is -0.627. The van der Waals surface area contributed by atoms with Crippen LogP contribution in [0, 0.1) is 12.7 Å². The minimum absolute atomic E-state index is 0.00523. The van der Waals surface area contributed by atoms with Crippen LogP contribution in [0.2, 0.25) is 0 Å². The molecule has 1 unspecified atom stereocenters. The van der Waals surface area contributed by atoms with E-state index in [4.69, 9.17) is 9.47 Å². The molecule has 1 saturated heterocycles. The lowest BCUT2D eigenvalue weighted by atomic mass is 10.1. The normalized spacial score (nSPS) is 15.8. The molecule has 0 spiro atoms. The summed E-state index contributed by atoms with van der Waals surface area (Å²) < 4.78 is 25.1.